The molecular formula is C16H21N3O. The number of rotatable bonds is 1. The topological polar surface area (TPSA) is 50.7 Å². The summed E-state index contributed by atoms with van der Waals surface area (Å²) in [6.45, 7) is 1.88. The predicted molar refractivity (Wildman–Crippen MR) is 75.2 cm³/mol. The van der Waals surface area contributed by atoms with E-state index < -0.39 is 0 Å². The molecule has 0 unspecified atom stereocenters. The first-order valence-corrected chi connectivity index (χ1v) is 7.78. The van der Waals surface area contributed by atoms with Crippen molar-refractivity contribution in [3.63, 3.8) is 0 Å². The molecule has 4 aliphatic carbocycles. The SMILES string of the molecule is Cc1c(C#N)c(=O)n(C2C3CC4CC(C3)CC2C4)n1C. The zero-order chi connectivity index (χ0) is 14.0. The second-order valence-electron chi connectivity index (χ2n) is 7.17. The Morgan fingerprint density at radius 3 is 2.10 bits per heavy atom. The Labute approximate surface area is 119 Å². The summed E-state index contributed by atoms with van der Waals surface area (Å²) in [5, 5.41) is 9.21. The average Bonchev–Trinajstić information content (AvgIpc) is 2.61. The van der Waals surface area contributed by atoms with Crippen LogP contribution in [-0.4, -0.2) is 9.36 Å². The van der Waals surface area contributed by atoms with Crippen molar-refractivity contribution in [1.82, 2.24) is 9.36 Å². The molecule has 0 aromatic carbocycles. The van der Waals surface area contributed by atoms with Crippen LogP contribution in [0.1, 0.15) is 49.4 Å². The van der Waals surface area contributed by atoms with Gasteiger partial charge in [0.15, 0.2) is 0 Å². The minimum absolute atomic E-state index is 0.0648. The van der Waals surface area contributed by atoms with E-state index in [1.54, 1.807) is 0 Å². The number of nitriles is 1. The van der Waals surface area contributed by atoms with E-state index >= 15 is 0 Å². The monoisotopic (exact) mass is 271 g/mol. The van der Waals surface area contributed by atoms with Gasteiger partial charge in [-0.3, -0.25) is 9.48 Å². The van der Waals surface area contributed by atoms with E-state index in [1.165, 1.54) is 32.1 Å². The molecular weight excluding hydrogens is 250 g/mol. The van der Waals surface area contributed by atoms with Gasteiger partial charge in [-0.25, -0.2) is 4.68 Å². The maximum Gasteiger partial charge on any atom is 0.285 e. The summed E-state index contributed by atoms with van der Waals surface area (Å²) in [7, 11) is 1.93. The van der Waals surface area contributed by atoms with Crippen LogP contribution in [0.2, 0.25) is 0 Å². The van der Waals surface area contributed by atoms with Crippen molar-refractivity contribution in [2.24, 2.45) is 30.7 Å². The van der Waals surface area contributed by atoms with Crippen molar-refractivity contribution in [2.75, 3.05) is 0 Å². The van der Waals surface area contributed by atoms with Gasteiger partial charge in [-0.05, 0) is 62.7 Å². The van der Waals surface area contributed by atoms with Crippen LogP contribution in [0.3, 0.4) is 0 Å². The molecule has 0 atom stereocenters. The molecule has 0 amide bonds. The van der Waals surface area contributed by atoms with Gasteiger partial charge >= 0.3 is 0 Å². The summed E-state index contributed by atoms with van der Waals surface area (Å²) in [4.78, 5) is 12.6. The van der Waals surface area contributed by atoms with E-state index in [0.717, 1.165) is 17.5 Å². The summed E-state index contributed by atoms with van der Waals surface area (Å²) in [6, 6.07) is 2.43. The van der Waals surface area contributed by atoms with Gasteiger partial charge in [0, 0.05) is 7.05 Å². The maximum atomic E-state index is 12.6. The van der Waals surface area contributed by atoms with Gasteiger partial charge in [0.25, 0.3) is 5.56 Å². The van der Waals surface area contributed by atoms with Gasteiger partial charge < -0.3 is 0 Å². The Balaban J connectivity index is 1.83. The van der Waals surface area contributed by atoms with Crippen molar-refractivity contribution < 1.29 is 0 Å². The number of hydrogen-bond acceptors (Lipinski definition) is 2. The Kier molecular flexibility index (Phi) is 2.45. The highest BCUT2D eigenvalue weighted by atomic mass is 16.1. The Morgan fingerprint density at radius 2 is 1.65 bits per heavy atom. The zero-order valence-electron chi connectivity index (χ0n) is 12.2. The molecule has 1 heterocycles. The lowest BCUT2D eigenvalue weighted by atomic mass is 9.54. The quantitative estimate of drug-likeness (QED) is 0.787. The minimum atomic E-state index is -0.0648. The van der Waals surface area contributed by atoms with Gasteiger partial charge in [0.1, 0.15) is 11.6 Å². The van der Waals surface area contributed by atoms with Crippen LogP contribution >= 0.6 is 0 Å². The van der Waals surface area contributed by atoms with Crippen molar-refractivity contribution in [2.45, 2.75) is 45.1 Å². The fraction of sp³-hybridized carbons (Fsp3) is 0.750. The van der Waals surface area contributed by atoms with E-state index in [4.69, 9.17) is 0 Å². The summed E-state index contributed by atoms with van der Waals surface area (Å²) in [6.07, 6.45) is 6.57. The van der Waals surface area contributed by atoms with Crippen LogP contribution < -0.4 is 5.56 Å². The molecule has 4 bridgehead atoms. The second kappa shape index (κ2) is 4.00. The molecule has 0 N–H and O–H groups in total. The smallest absolute Gasteiger partial charge is 0.285 e. The molecule has 5 rings (SSSR count). The third kappa shape index (κ3) is 1.44. The fourth-order valence-corrected chi connectivity index (χ4v) is 5.49. The highest BCUT2D eigenvalue weighted by molar-refractivity contribution is 5.31. The molecule has 1 aromatic rings. The fourth-order valence-electron chi connectivity index (χ4n) is 5.49. The summed E-state index contributed by atoms with van der Waals surface area (Å²) < 4.78 is 3.86. The molecule has 4 saturated carbocycles. The van der Waals surface area contributed by atoms with E-state index in [2.05, 4.69) is 6.07 Å². The van der Waals surface area contributed by atoms with Crippen LogP contribution in [0.5, 0.6) is 0 Å². The van der Waals surface area contributed by atoms with Gasteiger partial charge in [0.2, 0.25) is 0 Å². The highest BCUT2D eigenvalue weighted by Gasteiger charge is 2.50. The highest BCUT2D eigenvalue weighted by Crippen LogP contribution is 2.57. The zero-order valence-corrected chi connectivity index (χ0v) is 12.2. The third-order valence-corrected chi connectivity index (χ3v) is 6.16. The molecule has 0 aliphatic heterocycles. The lowest BCUT2D eigenvalue weighted by Crippen LogP contribution is -2.49. The largest absolute Gasteiger partial charge is 0.288 e. The van der Waals surface area contributed by atoms with Crippen LogP contribution in [0.15, 0.2) is 4.79 Å². The molecule has 106 valence electrons. The third-order valence-electron chi connectivity index (χ3n) is 6.16. The molecule has 20 heavy (non-hydrogen) atoms. The molecule has 4 heteroatoms. The van der Waals surface area contributed by atoms with Crippen LogP contribution in [0.4, 0.5) is 0 Å². The minimum Gasteiger partial charge on any atom is -0.288 e. The van der Waals surface area contributed by atoms with Gasteiger partial charge in [0.05, 0.1) is 11.7 Å². The first-order chi connectivity index (χ1) is 9.60. The van der Waals surface area contributed by atoms with E-state index in [0.29, 0.717) is 23.4 Å². The summed E-state index contributed by atoms with van der Waals surface area (Å²) in [5.41, 5.74) is 1.08. The van der Waals surface area contributed by atoms with Crippen LogP contribution in [0.25, 0.3) is 0 Å². The average molecular weight is 271 g/mol. The Bertz CT molecular complexity index is 632. The predicted octanol–water partition coefficient (Wildman–Crippen LogP) is 2.36. The lowest BCUT2D eigenvalue weighted by Gasteiger charge is -2.54. The summed E-state index contributed by atoms with van der Waals surface area (Å²) >= 11 is 0. The van der Waals surface area contributed by atoms with E-state index in [-0.39, 0.29) is 5.56 Å². The molecule has 0 radical (unpaired) electrons. The van der Waals surface area contributed by atoms with Crippen LogP contribution in [0, 0.1) is 41.9 Å². The van der Waals surface area contributed by atoms with Crippen LogP contribution in [-0.2, 0) is 7.05 Å². The van der Waals surface area contributed by atoms with Crippen molar-refractivity contribution in [3.8, 4) is 6.07 Å². The maximum absolute atomic E-state index is 12.6. The number of hydrogen-bond donors (Lipinski definition) is 0. The molecule has 4 fully saturated rings. The number of nitrogens with zero attached hydrogens (tertiary/aromatic N) is 3. The number of aromatic nitrogens is 2. The van der Waals surface area contributed by atoms with Gasteiger partial charge in [-0.1, -0.05) is 0 Å². The summed E-state index contributed by atoms with van der Waals surface area (Å²) in [5.74, 6) is 3.12. The molecule has 4 aliphatic rings. The molecule has 0 saturated heterocycles. The van der Waals surface area contributed by atoms with E-state index in [1.807, 2.05) is 23.3 Å². The van der Waals surface area contributed by atoms with Gasteiger partial charge in [-0.15, -0.1) is 0 Å². The Morgan fingerprint density at radius 1 is 1.10 bits per heavy atom. The standard InChI is InChI=1S/C16H21N3O/c1-9-14(8-17)16(20)19(18(9)2)15-12-4-10-3-11(6-12)7-13(15)5-10/h10-13,15H,3-7H2,1-2H3. The molecule has 4 nitrogen and oxygen atoms in total. The van der Waals surface area contributed by atoms with Crippen molar-refractivity contribution in [1.29, 1.82) is 5.26 Å². The second-order valence-corrected chi connectivity index (χ2v) is 7.17. The van der Waals surface area contributed by atoms with E-state index in [9.17, 15) is 10.1 Å². The van der Waals surface area contributed by atoms with Crippen molar-refractivity contribution in [3.05, 3.63) is 21.6 Å². The lowest BCUT2D eigenvalue weighted by molar-refractivity contribution is -0.0387. The first kappa shape index (κ1) is 12.3. The van der Waals surface area contributed by atoms with Gasteiger partial charge in [-0.2, -0.15) is 5.26 Å². The molecule has 0 spiro atoms. The van der Waals surface area contributed by atoms with Crippen molar-refractivity contribution >= 4 is 0 Å². The molecule has 1 aromatic heterocycles. The Hall–Kier alpha value is -1.50. The normalized spacial score (nSPS) is 38.1. The first-order valence-electron chi connectivity index (χ1n) is 7.78.